The summed E-state index contributed by atoms with van der Waals surface area (Å²) >= 11 is 0. The fraction of sp³-hybridized carbons (Fsp3) is 0.0312. The maximum absolute atomic E-state index is 8.01. The van der Waals surface area contributed by atoms with Crippen molar-refractivity contribution in [3.8, 4) is 0 Å². The maximum atomic E-state index is 8.01. The lowest BCUT2D eigenvalue weighted by atomic mass is 9.35. The van der Waals surface area contributed by atoms with Crippen molar-refractivity contribution < 1.29 is 8.53 Å². The molecule has 2 aliphatic rings. The molecule has 8 rings (SSSR count). The van der Waals surface area contributed by atoms with Crippen molar-refractivity contribution in [2.24, 2.45) is 0 Å². The van der Waals surface area contributed by atoms with Gasteiger partial charge in [0.2, 0.25) is 0 Å². The number of para-hydroxylation sites is 3. The van der Waals surface area contributed by atoms with Gasteiger partial charge in [0.15, 0.2) is 5.58 Å². The van der Waals surface area contributed by atoms with E-state index in [0.717, 1.165) is 56.1 Å². The van der Waals surface area contributed by atoms with Gasteiger partial charge in [0.1, 0.15) is 0 Å². The number of furan rings is 1. The van der Waals surface area contributed by atoms with Crippen molar-refractivity contribution >= 4 is 68.4 Å². The van der Waals surface area contributed by atoms with E-state index in [0.29, 0.717) is 5.58 Å². The molecule has 0 saturated carbocycles. The van der Waals surface area contributed by atoms with Gasteiger partial charge in [0.05, 0.1) is 17.5 Å². The molecule has 2 aliphatic heterocycles. The highest BCUT2D eigenvalue weighted by Crippen LogP contribution is 2.46. The van der Waals surface area contributed by atoms with E-state index in [-0.39, 0.29) is 12.4 Å². The lowest BCUT2D eigenvalue weighted by molar-refractivity contribution is 0.649. The predicted octanol–water partition coefficient (Wildman–Crippen LogP) is 6.22. The van der Waals surface area contributed by atoms with Crippen LogP contribution in [0.4, 0.5) is 34.1 Å². The van der Waals surface area contributed by atoms with Crippen LogP contribution < -0.4 is 26.4 Å². The Morgan fingerprint density at radius 3 is 2.14 bits per heavy atom. The van der Waals surface area contributed by atoms with Gasteiger partial charge in [-0.15, -0.1) is 0 Å². The number of aryl methyl sites for hydroxylation is 1. The van der Waals surface area contributed by atoms with E-state index in [4.69, 9.17) is 8.53 Å². The van der Waals surface area contributed by atoms with Crippen LogP contribution >= 0.6 is 0 Å². The first-order chi connectivity index (χ1) is 19.5. The minimum Gasteiger partial charge on any atom is -0.466 e. The number of hydrogen-bond acceptors (Lipinski definition) is 4. The summed E-state index contributed by atoms with van der Waals surface area (Å²) in [4.78, 5) is 8.78. The number of rotatable bonds is 2. The first kappa shape index (κ1) is 17.6. The van der Waals surface area contributed by atoms with E-state index in [1.807, 2.05) is 24.3 Å². The number of aromatic nitrogens is 1. The van der Waals surface area contributed by atoms with E-state index >= 15 is 0 Å². The van der Waals surface area contributed by atoms with E-state index in [9.17, 15) is 0 Å². The van der Waals surface area contributed by atoms with E-state index < -0.39 is 6.85 Å². The third kappa shape index (κ3) is 2.82. The minimum absolute atomic E-state index is 0.0513. The zero-order valence-electron chi connectivity index (χ0n) is 22.8. The molecule has 37 heavy (non-hydrogen) atoms. The molecular weight excluding hydrogens is 453 g/mol. The second-order valence-corrected chi connectivity index (χ2v) is 9.42. The van der Waals surface area contributed by atoms with Gasteiger partial charge < -0.3 is 14.2 Å². The van der Waals surface area contributed by atoms with Crippen LogP contribution in [0.2, 0.25) is 0 Å². The highest BCUT2D eigenvalue weighted by molar-refractivity contribution is 6.99. The Morgan fingerprint density at radius 1 is 0.730 bits per heavy atom. The summed E-state index contributed by atoms with van der Waals surface area (Å²) in [5, 5.41) is 0.735. The lowest BCUT2D eigenvalue weighted by Crippen LogP contribution is -2.60. The average Bonchev–Trinajstić information content (AvgIpc) is 3.36. The van der Waals surface area contributed by atoms with Crippen LogP contribution in [0.15, 0.2) is 120 Å². The molecule has 0 saturated heterocycles. The van der Waals surface area contributed by atoms with Crippen molar-refractivity contribution in [2.45, 2.75) is 6.85 Å². The molecule has 0 amide bonds. The molecule has 4 heterocycles. The van der Waals surface area contributed by atoms with Gasteiger partial charge in [0, 0.05) is 43.6 Å². The first-order valence-corrected chi connectivity index (χ1v) is 12.4. The molecule has 2 aromatic heterocycles. The molecule has 0 unspecified atom stereocenters. The van der Waals surface area contributed by atoms with Gasteiger partial charge in [-0.05, 0) is 66.3 Å². The van der Waals surface area contributed by atoms with Crippen LogP contribution in [0.1, 0.15) is 9.81 Å². The monoisotopic (exact) mass is 478 g/mol. The third-order valence-electron chi connectivity index (χ3n) is 7.41. The normalized spacial score (nSPS) is 14.9. The van der Waals surface area contributed by atoms with Crippen LogP contribution in [0.25, 0.3) is 11.0 Å². The van der Waals surface area contributed by atoms with Gasteiger partial charge >= 0.3 is 0 Å². The molecule has 0 atom stereocenters. The molecule has 6 aromatic rings. The Kier molecular flexibility index (Phi) is 3.63. The van der Waals surface area contributed by atoms with Crippen LogP contribution in [-0.4, -0.2) is 11.7 Å². The van der Waals surface area contributed by atoms with E-state index in [2.05, 4.69) is 93.6 Å². The van der Waals surface area contributed by atoms with Gasteiger partial charge in [-0.25, -0.2) is 0 Å². The summed E-state index contributed by atoms with van der Waals surface area (Å²) in [6.07, 6.45) is 1.55. The fourth-order valence-electron chi connectivity index (χ4n) is 5.98. The van der Waals surface area contributed by atoms with Crippen LogP contribution in [-0.2, 0) is 0 Å². The second kappa shape index (κ2) is 7.61. The molecule has 4 nitrogen and oxygen atoms in total. The van der Waals surface area contributed by atoms with Gasteiger partial charge in [-0.3, -0.25) is 4.98 Å². The van der Waals surface area contributed by atoms with Gasteiger partial charge in [0.25, 0.3) is 6.71 Å². The molecule has 0 bridgehead atoms. The van der Waals surface area contributed by atoms with E-state index in [1.54, 1.807) is 12.3 Å². The molecule has 0 radical (unpaired) electrons. The van der Waals surface area contributed by atoms with Gasteiger partial charge in [-0.2, -0.15) is 0 Å². The zero-order chi connectivity index (χ0) is 27.0. The van der Waals surface area contributed by atoms with Crippen molar-refractivity contribution in [3.63, 3.8) is 0 Å². The maximum Gasteiger partial charge on any atom is 0.297 e. The average molecular weight is 478 g/mol. The number of benzene rings is 4. The number of fused-ring (bicyclic) bond motifs is 6. The van der Waals surface area contributed by atoms with Crippen molar-refractivity contribution in [1.29, 1.82) is 0 Å². The third-order valence-corrected chi connectivity index (χ3v) is 7.41. The molecule has 0 aliphatic carbocycles. The smallest absolute Gasteiger partial charge is 0.297 e. The SMILES string of the molecule is [2H]C([2H])([2H])c1cc2c3c(oc2cn1)B1c2ccccc2N(c2ccccc2)c2cccc(c21)N3c1ccccc1. The number of nitrogens with zero attached hydrogens (tertiary/aromatic N) is 3. The van der Waals surface area contributed by atoms with Crippen LogP contribution in [0, 0.1) is 6.85 Å². The quantitative estimate of drug-likeness (QED) is 0.276. The van der Waals surface area contributed by atoms with Crippen molar-refractivity contribution in [1.82, 2.24) is 4.98 Å². The van der Waals surface area contributed by atoms with Crippen molar-refractivity contribution in [3.05, 3.63) is 121 Å². The van der Waals surface area contributed by atoms with Gasteiger partial charge in [-0.1, -0.05) is 60.7 Å². The Morgan fingerprint density at radius 2 is 1.38 bits per heavy atom. The summed E-state index contributed by atoms with van der Waals surface area (Å²) in [7, 11) is 0. The summed E-state index contributed by atoms with van der Waals surface area (Å²) in [5.74, 6) is 0. The highest BCUT2D eigenvalue weighted by Gasteiger charge is 2.46. The fourth-order valence-corrected chi connectivity index (χ4v) is 5.98. The highest BCUT2D eigenvalue weighted by atomic mass is 16.3. The first-order valence-electron chi connectivity index (χ1n) is 13.9. The second-order valence-electron chi connectivity index (χ2n) is 9.42. The Hall–Kier alpha value is -4.77. The standard InChI is InChI=1S/C32H22BN3O/c1-21-19-24-29(20-34-21)37-32-31(24)36(23-13-6-3-7-14-23)28-18-10-17-27-30(28)33(32)25-15-8-9-16-26(25)35(27)22-11-4-2-5-12-22/h2-20H,1H3/i1D3. The molecular formula is C32H22BN3O. The molecule has 0 N–H and O–H groups in total. The molecule has 4 aromatic carbocycles. The summed E-state index contributed by atoms with van der Waals surface area (Å²) in [5.41, 5.74) is 9.77. The zero-order valence-corrected chi connectivity index (χ0v) is 19.8. The lowest BCUT2D eigenvalue weighted by Gasteiger charge is -2.42. The van der Waals surface area contributed by atoms with Crippen LogP contribution in [0.3, 0.4) is 0 Å². The molecule has 174 valence electrons. The number of anilines is 6. The Labute approximate surface area is 219 Å². The summed E-state index contributed by atoms with van der Waals surface area (Å²) < 4.78 is 30.7. The molecule has 5 heteroatoms. The number of hydrogen-bond donors (Lipinski definition) is 0. The summed E-state index contributed by atoms with van der Waals surface area (Å²) in [6.45, 7) is -2.51. The van der Waals surface area contributed by atoms with Crippen LogP contribution in [0.5, 0.6) is 0 Å². The summed E-state index contributed by atoms with van der Waals surface area (Å²) in [6, 6.07) is 37.1. The predicted molar refractivity (Wildman–Crippen MR) is 153 cm³/mol. The largest absolute Gasteiger partial charge is 0.466 e. The van der Waals surface area contributed by atoms with Crippen molar-refractivity contribution in [2.75, 3.05) is 9.80 Å². The Balaban J connectivity index is 1.49. The van der Waals surface area contributed by atoms with E-state index in [1.165, 1.54) is 0 Å². The topological polar surface area (TPSA) is 32.5 Å². The minimum atomic E-state index is -2.33. The number of pyridine rings is 1. The Bertz CT molecular complexity index is 1920. The molecule has 0 fully saturated rings. The molecule has 0 spiro atoms.